The average Bonchev–Trinajstić information content (AvgIpc) is 3.03. The van der Waals surface area contributed by atoms with Crippen molar-refractivity contribution >= 4 is 23.0 Å². The van der Waals surface area contributed by atoms with Crippen molar-refractivity contribution in [2.24, 2.45) is 23.7 Å². The minimum absolute atomic E-state index is 0.0505. The number of Topliss-reactive ketones (excluding diaryl/α,β-unsaturated/α-hetero) is 1. The third-order valence-corrected chi connectivity index (χ3v) is 7.27. The first-order valence-corrected chi connectivity index (χ1v) is 10.9. The Labute approximate surface area is 179 Å². The number of ketones is 1. The van der Waals surface area contributed by atoms with E-state index >= 15 is 0 Å². The number of fused-ring (bicyclic) bond motifs is 2. The fourth-order valence-corrected chi connectivity index (χ4v) is 5.84. The summed E-state index contributed by atoms with van der Waals surface area (Å²) in [5.41, 5.74) is 2.06. The van der Waals surface area contributed by atoms with Gasteiger partial charge in [0.2, 0.25) is 0 Å². The molecule has 1 aromatic heterocycles. The first-order valence-electron chi connectivity index (χ1n) is 10.6. The van der Waals surface area contributed by atoms with Crippen LogP contribution in [0.5, 0.6) is 11.6 Å². The fourth-order valence-electron chi connectivity index (χ4n) is 5.70. The monoisotopic (exact) mass is 427 g/mol. The van der Waals surface area contributed by atoms with E-state index in [1.54, 1.807) is 12.1 Å². The second kappa shape index (κ2) is 7.38. The van der Waals surface area contributed by atoms with Gasteiger partial charge in [-0.2, -0.15) is 0 Å². The fraction of sp³-hybridized carbons (Fsp3) is 0.417. The van der Waals surface area contributed by atoms with Gasteiger partial charge in [0.25, 0.3) is 5.88 Å². The van der Waals surface area contributed by atoms with E-state index in [9.17, 15) is 14.3 Å². The standard InChI is InChI=1S/C24H23ClFNO3/c1-2-12-7-8-16(30-24-18(26)9-15(25)11-27-24)10-17(12)21-22(28)19-13-3-4-14(6-5-13)20(19)23(21)29/h7-11,13-14,19-20,28H,2-6H2,1H3/t13-,14+,19?,20?. The maximum atomic E-state index is 14.1. The third-order valence-electron chi connectivity index (χ3n) is 7.06. The molecule has 0 aliphatic heterocycles. The number of pyridine rings is 1. The van der Waals surface area contributed by atoms with Gasteiger partial charge in [-0.15, -0.1) is 0 Å². The van der Waals surface area contributed by atoms with Crippen molar-refractivity contribution in [1.29, 1.82) is 0 Å². The number of carbonyl (C=O) groups excluding carboxylic acids is 1. The van der Waals surface area contributed by atoms with E-state index in [1.807, 2.05) is 13.0 Å². The summed E-state index contributed by atoms with van der Waals surface area (Å²) in [4.78, 5) is 17.3. The minimum Gasteiger partial charge on any atom is -0.511 e. The van der Waals surface area contributed by atoms with Gasteiger partial charge in [-0.3, -0.25) is 4.79 Å². The van der Waals surface area contributed by atoms with E-state index in [1.165, 1.54) is 6.20 Å². The number of aromatic nitrogens is 1. The Balaban J connectivity index is 1.55. The van der Waals surface area contributed by atoms with Crippen molar-refractivity contribution in [3.63, 3.8) is 0 Å². The van der Waals surface area contributed by atoms with Gasteiger partial charge in [0, 0.05) is 18.0 Å². The third kappa shape index (κ3) is 3.02. The molecule has 1 N–H and O–H groups in total. The molecule has 0 amide bonds. The molecule has 4 nitrogen and oxygen atoms in total. The Kier molecular flexibility index (Phi) is 4.81. The quantitative estimate of drug-likeness (QED) is 0.637. The number of aliphatic hydroxyl groups excluding tert-OH is 1. The van der Waals surface area contributed by atoms with Crippen LogP contribution < -0.4 is 4.74 Å². The average molecular weight is 428 g/mol. The summed E-state index contributed by atoms with van der Waals surface area (Å²) in [7, 11) is 0. The Morgan fingerprint density at radius 1 is 1.17 bits per heavy atom. The summed E-state index contributed by atoms with van der Waals surface area (Å²) in [6.45, 7) is 2.01. The molecule has 6 heteroatoms. The number of rotatable bonds is 4. The number of nitrogens with zero attached hydrogens (tertiary/aromatic N) is 1. The van der Waals surface area contributed by atoms with E-state index in [0.29, 0.717) is 35.1 Å². The molecule has 2 bridgehead atoms. The van der Waals surface area contributed by atoms with E-state index < -0.39 is 5.82 Å². The SMILES string of the molecule is CCc1ccc(Oc2ncc(Cl)cc2F)cc1C1=C(O)C2C(C1=O)[C@H]1CC[C@@H]2CC1. The van der Waals surface area contributed by atoms with Gasteiger partial charge in [0.05, 0.1) is 10.6 Å². The van der Waals surface area contributed by atoms with Crippen molar-refractivity contribution < 1.29 is 19.0 Å². The summed E-state index contributed by atoms with van der Waals surface area (Å²) in [6, 6.07) is 6.45. The van der Waals surface area contributed by atoms with Crippen molar-refractivity contribution in [2.45, 2.75) is 39.0 Å². The topological polar surface area (TPSA) is 59.4 Å². The van der Waals surface area contributed by atoms with Gasteiger partial charge in [-0.1, -0.05) is 24.6 Å². The van der Waals surface area contributed by atoms with Crippen LogP contribution in [0.15, 0.2) is 36.2 Å². The number of halogens is 2. The Bertz CT molecular complexity index is 1060. The first-order chi connectivity index (χ1) is 14.5. The van der Waals surface area contributed by atoms with Crippen molar-refractivity contribution in [3.8, 4) is 11.6 Å². The van der Waals surface area contributed by atoms with Gasteiger partial charge in [-0.25, -0.2) is 9.37 Å². The highest BCUT2D eigenvalue weighted by Crippen LogP contribution is 2.57. The molecule has 2 atom stereocenters. The van der Waals surface area contributed by atoms with Gasteiger partial charge < -0.3 is 9.84 Å². The predicted octanol–water partition coefficient (Wildman–Crippen LogP) is 6.13. The highest BCUT2D eigenvalue weighted by atomic mass is 35.5. The Hall–Kier alpha value is -2.40. The lowest BCUT2D eigenvalue weighted by Crippen LogP contribution is -2.41. The molecule has 2 unspecified atom stereocenters. The van der Waals surface area contributed by atoms with Crippen molar-refractivity contribution in [3.05, 3.63) is 58.2 Å². The molecule has 0 saturated heterocycles. The lowest BCUT2D eigenvalue weighted by atomic mass is 9.59. The maximum absolute atomic E-state index is 14.1. The number of aliphatic hydroxyl groups is 1. The number of ether oxygens (including phenoxy) is 1. The number of aryl methyl sites for hydroxylation is 1. The van der Waals surface area contributed by atoms with Crippen LogP contribution in [0.25, 0.3) is 5.57 Å². The van der Waals surface area contributed by atoms with E-state index in [-0.39, 0.29) is 34.3 Å². The second-order valence-corrected chi connectivity index (χ2v) is 9.00. The van der Waals surface area contributed by atoms with Gasteiger partial charge in [-0.05, 0) is 73.3 Å². The molecule has 0 spiro atoms. The molecule has 3 fully saturated rings. The van der Waals surface area contributed by atoms with Gasteiger partial charge >= 0.3 is 0 Å². The van der Waals surface area contributed by atoms with Crippen LogP contribution in [0.1, 0.15) is 43.7 Å². The van der Waals surface area contributed by atoms with Crippen LogP contribution in [0.2, 0.25) is 5.02 Å². The zero-order valence-corrected chi connectivity index (χ0v) is 17.5. The molecule has 1 heterocycles. The number of hydrogen-bond acceptors (Lipinski definition) is 4. The van der Waals surface area contributed by atoms with E-state index in [2.05, 4.69) is 4.98 Å². The molecule has 30 heavy (non-hydrogen) atoms. The zero-order valence-electron chi connectivity index (χ0n) is 16.7. The summed E-state index contributed by atoms with van der Waals surface area (Å²) < 4.78 is 19.8. The molecular formula is C24H23ClFNO3. The number of allylic oxidation sites excluding steroid dienone is 2. The molecular weight excluding hydrogens is 405 g/mol. The molecule has 4 aliphatic rings. The highest BCUT2D eigenvalue weighted by molar-refractivity contribution is 6.30. The smallest absolute Gasteiger partial charge is 0.255 e. The highest BCUT2D eigenvalue weighted by Gasteiger charge is 2.54. The summed E-state index contributed by atoms with van der Waals surface area (Å²) in [5.74, 6) is 0.408. The van der Waals surface area contributed by atoms with Crippen LogP contribution in [0.3, 0.4) is 0 Å². The molecule has 2 aromatic rings. The lowest BCUT2D eigenvalue weighted by molar-refractivity contribution is -0.123. The largest absolute Gasteiger partial charge is 0.511 e. The number of benzene rings is 1. The summed E-state index contributed by atoms with van der Waals surface area (Å²) in [5, 5.41) is 11.3. The van der Waals surface area contributed by atoms with Gasteiger partial charge in [0.15, 0.2) is 11.6 Å². The van der Waals surface area contributed by atoms with Crippen LogP contribution in [-0.2, 0) is 11.2 Å². The van der Waals surface area contributed by atoms with Crippen LogP contribution in [0.4, 0.5) is 4.39 Å². The van der Waals surface area contributed by atoms with Crippen LogP contribution >= 0.6 is 11.6 Å². The maximum Gasteiger partial charge on any atom is 0.255 e. The normalized spacial score (nSPS) is 27.5. The predicted molar refractivity (Wildman–Crippen MR) is 112 cm³/mol. The van der Waals surface area contributed by atoms with Gasteiger partial charge in [0.1, 0.15) is 11.5 Å². The van der Waals surface area contributed by atoms with Crippen molar-refractivity contribution in [2.75, 3.05) is 0 Å². The van der Waals surface area contributed by atoms with E-state index in [0.717, 1.165) is 37.3 Å². The molecule has 4 aliphatic carbocycles. The first kappa shape index (κ1) is 19.6. The van der Waals surface area contributed by atoms with Crippen LogP contribution in [0, 0.1) is 29.5 Å². The molecule has 6 rings (SSSR count). The van der Waals surface area contributed by atoms with E-state index in [4.69, 9.17) is 16.3 Å². The Morgan fingerprint density at radius 3 is 2.50 bits per heavy atom. The Morgan fingerprint density at radius 2 is 1.87 bits per heavy atom. The number of hydrogen-bond donors (Lipinski definition) is 1. The summed E-state index contributed by atoms with van der Waals surface area (Å²) >= 11 is 5.76. The van der Waals surface area contributed by atoms with Crippen molar-refractivity contribution in [1.82, 2.24) is 4.98 Å². The number of carbonyl (C=O) groups is 1. The lowest BCUT2D eigenvalue weighted by Gasteiger charge is -2.44. The minimum atomic E-state index is -0.662. The molecule has 0 radical (unpaired) electrons. The van der Waals surface area contributed by atoms with Crippen LogP contribution in [-0.4, -0.2) is 15.9 Å². The molecule has 1 aromatic carbocycles. The zero-order chi connectivity index (χ0) is 21.0. The molecule has 156 valence electrons. The second-order valence-electron chi connectivity index (χ2n) is 8.57. The summed E-state index contributed by atoms with van der Waals surface area (Å²) in [6.07, 6.45) is 6.34. The molecule has 3 saturated carbocycles.